The summed E-state index contributed by atoms with van der Waals surface area (Å²) in [7, 11) is 2.80. The molecule has 2 N–H and O–H groups in total. The van der Waals surface area contributed by atoms with E-state index in [9.17, 15) is 9.90 Å². The second kappa shape index (κ2) is 8.88. The van der Waals surface area contributed by atoms with Gasteiger partial charge in [0.1, 0.15) is 28.6 Å². The van der Waals surface area contributed by atoms with Crippen LogP contribution in [0.5, 0.6) is 5.75 Å². The molecule has 11 heteroatoms. The highest BCUT2D eigenvalue weighted by molar-refractivity contribution is 7.99. The Morgan fingerprint density at radius 1 is 1.16 bits per heavy atom. The van der Waals surface area contributed by atoms with Gasteiger partial charge in [-0.1, -0.05) is 36.0 Å². The van der Waals surface area contributed by atoms with Crippen molar-refractivity contribution in [2.45, 2.75) is 5.16 Å². The molecule has 4 aromatic rings. The SMILES string of the molecule is COC(=O)/C(=C(/O)CSc1nnnn1-c1ccccc1OC)c1nc2ccccc2[nH]1. The van der Waals surface area contributed by atoms with Gasteiger partial charge in [-0.15, -0.1) is 5.10 Å². The molecule has 2 aromatic carbocycles. The van der Waals surface area contributed by atoms with E-state index in [0.717, 1.165) is 17.3 Å². The number of hydrogen-bond acceptors (Lipinski definition) is 9. The highest BCUT2D eigenvalue weighted by Crippen LogP contribution is 2.28. The zero-order valence-electron chi connectivity index (χ0n) is 16.6. The minimum absolute atomic E-state index is 0.0109. The molecule has 0 spiro atoms. The van der Waals surface area contributed by atoms with Crippen molar-refractivity contribution >= 4 is 34.3 Å². The number of nitrogens with one attached hydrogen (secondary N) is 1. The number of tetrazole rings is 1. The van der Waals surface area contributed by atoms with E-state index in [2.05, 4.69) is 25.5 Å². The van der Waals surface area contributed by atoms with Crippen molar-refractivity contribution in [3.8, 4) is 11.4 Å². The lowest BCUT2D eigenvalue weighted by atomic mass is 10.2. The number of hydrogen-bond donors (Lipinski definition) is 2. The van der Waals surface area contributed by atoms with E-state index in [0.29, 0.717) is 22.1 Å². The summed E-state index contributed by atoms with van der Waals surface area (Å²) >= 11 is 1.15. The number of thioether (sulfide) groups is 1. The van der Waals surface area contributed by atoms with Crippen LogP contribution in [0.15, 0.2) is 59.4 Å². The van der Waals surface area contributed by atoms with Gasteiger partial charge in [0.05, 0.1) is 31.0 Å². The molecule has 0 fully saturated rings. The van der Waals surface area contributed by atoms with Crippen LogP contribution >= 0.6 is 11.8 Å². The number of rotatable bonds is 7. The quantitative estimate of drug-likeness (QED) is 0.194. The molecule has 2 aromatic heterocycles. The number of carbonyl (C=O) groups is 1. The molecule has 0 saturated carbocycles. The van der Waals surface area contributed by atoms with Gasteiger partial charge < -0.3 is 19.6 Å². The Hall–Kier alpha value is -3.86. The van der Waals surface area contributed by atoms with Crippen molar-refractivity contribution in [3.63, 3.8) is 0 Å². The molecule has 0 saturated heterocycles. The lowest BCUT2D eigenvalue weighted by Crippen LogP contribution is -2.10. The summed E-state index contributed by atoms with van der Waals surface area (Å²) in [6.45, 7) is 0. The first-order valence-electron chi connectivity index (χ1n) is 9.12. The maximum Gasteiger partial charge on any atom is 0.345 e. The summed E-state index contributed by atoms with van der Waals surface area (Å²) in [5, 5.41) is 22.9. The number of nitrogens with zero attached hydrogens (tertiary/aromatic N) is 5. The molecule has 0 aliphatic rings. The Morgan fingerprint density at radius 3 is 2.71 bits per heavy atom. The Morgan fingerprint density at radius 2 is 1.94 bits per heavy atom. The number of carbonyl (C=O) groups excluding carboxylic acids is 1. The monoisotopic (exact) mass is 438 g/mol. The van der Waals surface area contributed by atoms with Crippen LogP contribution in [0.1, 0.15) is 5.82 Å². The van der Waals surface area contributed by atoms with Gasteiger partial charge in [0, 0.05) is 0 Å². The number of aromatic amines is 1. The lowest BCUT2D eigenvalue weighted by Gasteiger charge is -2.09. The molecule has 0 bridgehead atoms. The fraction of sp³-hybridized carbons (Fsp3) is 0.150. The van der Waals surface area contributed by atoms with Gasteiger partial charge in [-0.3, -0.25) is 0 Å². The Labute approximate surface area is 180 Å². The number of aliphatic hydroxyl groups excluding tert-OH is 1. The second-order valence-electron chi connectivity index (χ2n) is 6.25. The summed E-state index contributed by atoms with van der Waals surface area (Å²) in [5.41, 5.74) is 1.99. The highest BCUT2D eigenvalue weighted by atomic mass is 32.2. The fourth-order valence-electron chi connectivity index (χ4n) is 2.95. The van der Waals surface area contributed by atoms with Crippen LogP contribution < -0.4 is 4.74 Å². The standard InChI is InChI=1S/C20H18N6O4S/c1-29-16-10-6-5-9-14(16)26-20(23-24-25-26)31-11-15(27)17(19(28)30-2)18-21-12-7-3-4-8-13(12)22-18/h3-10,27H,11H2,1-2H3,(H,21,22)/b17-15+. The van der Waals surface area contributed by atoms with Gasteiger partial charge in [0.15, 0.2) is 0 Å². The molecule has 0 aliphatic heterocycles. The van der Waals surface area contributed by atoms with Crippen LogP contribution in [-0.4, -0.2) is 61.2 Å². The average Bonchev–Trinajstić information content (AvgIpc) is 3.44. The Balaban J connectivity index is 1.65. The largest absolute Gasteiger partial charge is 0.510 e. The van der Waals surface area contributed by atoms with Crippen molar-refractivity contribution < 1.29 is 19.4 Å². The summed E-state index contributed by atoms with van der Waals surface area (Å²) < 4.78 is 11.7. The molecule has 0 aliphatic carbocycles. The molecule has 0 radical (unpaired) electrons. The second-order valence-corrected chi connectivity index (χ2v) is 7.19. The number of fused-ring (bicyclic) bond motifs is 1. The van der Waals surface area contributed by atoms with Crippen molar-refractivity contribution in [1.29, 1.82) is 0 Å². The average molecular weight is 438 g/mol. The summed E-state index contributed by atoms with van der Waals surface area (Å²) in [6, 6.07) is 14.6. The number of para-hydroxylation sites is 4. The summed E-state index contributed by atoms with van der Waals surface area (Å²) in [5.74, 6) is -0.104. The number of H-pyrrole nitrogens is 1. The predicted octanol–water partition coefficient (Wildman–Crippen LogP) is 2.78. The van der Waals surface area contributed by atoms with Crippen LogP contribution in [0.25, 0.3) is 22.3 Å². The molecule has 0 amide bonds. The topological polar surface area (TPSA) is 128 Å². The molecular weight excluding hydrogens is 420 g/mol. The number of methoxy groups -OCH3 is 2. The van der Waals surface area contributed by atoms with E-state index in [-0.39, 0.29) is 22.9 Å². The molecule has 0 unspecified atom stereocenters. The van der Waals surface area contributed by atoms with Crippen molar-refractivity contribution in [1.82, 2.24) is 30.2 Å². The Bertz CT molecular complexity index is 1230. The molecular formula is C20H18N6O4S. The van der Waals surface area contributed by atoms with E-state index in [1.807, 2.05) is 36.4 Å². The molecule has 31 heavy (non-hydrogen) atoms. The summed E-state index contributed by atoms with van der Waals surface area (Å²) in [6.07, 6.45) is 0. The van der Waals surface area contributed by atoms with E-state index >= 15 is 0 Å². The first kappa shape index (κ1) is 20.4. The van der Waals surface area contributed by atoms with E-state index in [1.165, 1.54) is 11.8 Å². The molecule has 2 heterocycles. The first-order valence-corrected chi connectivity index (χ1v) is 10.1. The van der Waals surface area contributed by atoms with E-state index in [1.54, 1.807) is 19.2 Å². The third-order valence-corrected chi connectivity index (χ3v) is 5.33. The van der Waals surface area contributed by atoms with Crippen molar-refractivity contribution in [2.75, 3.05) is 20.0 Å². The number of esters is 1. The van der Waals surface area contributed by atoms with Gasteiger partial charge >= 0.3 is 5.97 Å². The highest BCUT2D eigenvalue weighted by Gasteiger charge is 2.23. The van der Waals surface area contributed by atoms with E-state index in [4.69, 9.17) is 9.47 Å². The van der Waals surface area contributed by atoms with Gasteiger partial charge in [0.25, 0.3) is 0 Å². The van der Waals surface area contributed by atoms with Gasteiger partial charge in [0.2, 0.25) is 5.16 Å². The van der Waals surface area contributed by atoms with Crippen LogP contribution in [-0.2, 0) is 9.53 Å². The van der Waals surface area contributed by atoms with Crippen LogP contribution in [0.2, 0.25) is 0 Å². The third kappa shape index (κ3) is 4.08. The maximum absolute atomic E-state index is 12.4. The van der Waals surface area contributed by atoms with Crippen molar-refractivity contribution in [3.05, 3.63) is 60.1 Å². The molecule has 158 valence electrons. The predicted molar refractivity (Wildman–Crippen MR) is 114 cm³/mol. The van der Waals surface area contributed by atoms with Crippen molar-refractivity contribution in [2.24, 2.45) is 0 Å². The molecule has 10 nitrogen and oxygen atoms in total. The number of imidazole rings is 1. The van der Waals surface area contributed by atoms with Crippen LogP contribution in [0.4, 0.5) is 0 Å². The van der Waals surface area contributed by atoms with Crippen LogP contribution in [0.3, 0.4) is 0 Å². The fourth-order valence-corrected chi connectivity index (χ4v) is 3.72. The van der Waals surface area contributed by atoms with Gasteiger partial charge in [-0.25, -0.2) is 9.78 Å². The van der Waals surface area contributed by atoms with Crippen LogP contribution in [0, 0.1) is 0 Å². The number of ether oxygens (including phenoxy) is 2. The first-order chi connectivity index (χ1) is 15.1. The zero-order valence-corrected chi connectivity index (χ0v) is 17.5. The van der Waals surface area contributed by atoms with Gasteiger partial charge in [-0.2, -0.15) is 4.68 Å². The minimum atomic E-state index is -0.707. The number of aliphatic hydroxyl groups is 1. The molecule has 0 atom stereocenters. The summed E-state index contributed by atoms with van der Waals surface area (Å²) in [4.78, 5) is 19.8. The zero-order chi connectivity index (χ0) is 21.8. The number of aromatic nitrogens is 6. The third-order valence-electron chi connectivity index (χ3n) is 4.40. The molecule has 4 rings (SSSR count). The minimum Gasteiger partial charge on any atom is -0.510 e. The Kier molecular flexibility index (Phi) is 5.85. The maximum atomic E-state index is 12.4. The smallest absolute Gasteiger partial charge is 0.345 e. The lowest BCUT2D eigenvalue weighted by molar-refractivity contribution is -0.133. The normalized spacial score (nSPS) is 11.9. The van der Waals surface area contributed by atoms with E-state index < -0.39 is 5.97 Å². The van der Waals surface area contributed by atoms with Gasteiger partial charge in [-0.05, 0) is 34.7 Å². The number of benzene rings is 2.